The van der Waals surface area contributed by atoms with Crippen molar-refractivity contribution < 1.29 is 18.7 Å². The quantitative estimate of drug-likeness (QED) is 0.854. The first-order valence-electron chi connectivity index (χ1n) is 6.97. The van der Waals surface area contributed by atoms with Crippen LogP contribution in [0.1, 0.15) is 22.8 Å². The summed E-state index contributed by atoms with van der Waals surface area (Å²) in [5.74, 6) is -1.91. The van der Waals surface area contributed by atoms with Crippen LogP contribution >= 0.6 is 11.6 Å². The van der Waals surface area contributed by atoms with Gasteiger partial charge < -0.3 is 10.1 Å². The molecule has 0 bridgehead atoms. The molecular formula is C17H13ClFNO3. The summed E-state index contributed by atoms with van der Waals surface area (Å²) in [4.78, 5) is 24.6. The minimum atomic E-state index is -1.42. The second kappa shape index (κ2) is 5.66. The number of rotatable bonds is 2. The Balaban J connectivity index is 1.88. The number of benzene rings is 2. The first kappa shape index (κ1) is 15.5. The van der Waals surface area contributed by atoms with Crippen molar-refractivity contribution in [2.24, 2.45) is 0 Å². The van der Waals surface area contributed by atoms with E-state index in [0.717, 1.165) is 0 Å². The summed E-state index contributed by atoms with van der Waals surface area (Å²) in [6.45, 7) is 1.50. The fraction of sp³-hybridized carbons (Fsp3) is 0.176. The van der Waals surface area contributed by atoms with Crippen molar-refractivity contribution >= 4 is 29.2 Å². The van der Waals surface area contributed by atoms with Crippen LogP contribution in [-0.2, 0) is 16.0 Å². The summed E-state index contributed by atoms with van der Waals surface area (Å²) in [5.41, 5.74) is -0.321. The van der Waals surface area contributed by atoms with Crippen molar-refractivity contribution in [3.63, 3.8) is 0 Å². The molecule has 0 saturated carbocycles. The Bertz CT molecular complexity index is 808. The lowest BCUT2D eigenvalue weighted by atomic mass is 9.89. The number of anilines is 1. The lowest BCUT2D eigenvalue weighted by Gasteiger charge is -2.33. The van der Waals surface area contributed by atoms with Gasteiger partial charge in [-0.05, 0) is 30.7 Å². The number of esters is 1. The van der Waals surface area contributed by atoms with Gasteiger partial charge in [0.1, 0.15) is 0 Å². The molecule has 4 nitrogen and oxygen atoms in total. The van der Waals surface area contributed by atoms with Crippen molar-refractivity contribution in [3.8, 4) is 0 Å². The molecule has 1 aliphatic rings. The van der Waals surface area contributed by atoms with Crippen LogP contribution in [0.5, 0.6) is 0 Å². The first-order chi connectivity index (χ1) is 10.9. The van der Waals surface area contributed by atoms with Crippen molar-refractivity contribution in [2.45, 2.75) is 18.9 Å². The third kappa shape index (κ3) is 2.80. The molecule has 1 unspecified atom stereocenters. The Hall–Kier alpha value is -2.40. The van der Waals surface area contributed by atoms with E-state index in [1.807, 2.05) is 0 Å². The predicted molar refractivity (Wildman–Crippen MR) is 84.0 cm³/mol. The van der Waals surface area contributed by atoms with Gasteiger partial charge in [0.2, 0.25) is 0 Å². The SMILES string of the molecule is CC1(C(=O)Nc2cccc(Cl)c2F)Cc2ccccc2C(=O)O1. The number of carbonyl (C=O) groups is 2. The van der Waals surface area contributed by atoms with E-state index in [4.69, 9.17) is 16.3 Å². The summed E-state index contributed by atoms with van der Waals surface area (Å²) in [6.07, 6.45) is 0.211. The maximum absolute atomic E-state index is 13.9. The van der Waals surface area contributed by atoms with Gasteiger partial charge in [-0.25, -0.2) is 9.18 Å². The number of hydrogen-bond acceptors (Lipinski definition) is 3. The Kier molecular flexibility index (Phi) is 3.82. The van der Waals surface area contributed by atoms with E-state index < -0.39 is 23.3 Å². The number of hydrogen-bond donors (Lipinski definition) is 1. The van der Waals surface area contributed by atoms with Gasteiger partial charge in [0.15, 0.2) is 11.4 Å². The van der Waals surface area contributed by atoms with Crippen LogP contribution in [0.25, 0.3) is 0 Å². The number of halogens is 2. The maximum Gasteiger partial charge on any atom is 0.339 e. The summed E-state index contributed by atoms with van der Waals surface area (Å²) in [5, 5.41) is 2.34. The Labute approximate surface area is 137 Å². The molecular weight excluding hydrogens is 321 g/mol. The first-order valence-corrected chi connectivity index (χ1v) is 7.35. The molecule has 0 spiro atoms. The van der Waals surface area contributed by atoms with Crippen LogP contribution in [0.15, 0.2) is 42.5 Å². The molecule has 1 atom stereocenters. The van der Waals surface area contributed by atoms with Crippen molar-refractivity contribution in [1.82, 2.24) is 0 Å². The molecule has 0 radical (unpaired) electrons. The second-order valence-electron chi connectivity index (χ2n) is 5.51. The molecule has 0 aliphatic carbocycles. The highest BCUT2D eigenvalue weighted by atomic mass is 35.5. The zero-order valence-electron chi connectivity index (χ0n) is 12.2. The Morgan fingerprint density at radius 1 is 1.26 bits per heavy atom. The van der Waals surface area contributed by atoms with E-state index in [9.17, 15) is 14.0 Å². The van der Waals surface area contributed by atoms with Crippen LogP contribution < -0.4 is 5.32 Å². The van der Waals surface area contributed by atoms with Gasteiger partial charge in [-0.2, -0.15) is 0 Å². The van der Waals surface area contributed by atoms with Crippen molar-refractivity contribution in [2.75, 3.05) is 5.32 Å². The molecule has 118 valence electrons. The van der Waals surface area contributed by atoms with E-state index in [0.29, 0.717) is 11.1 Å². The highest BCUT2D eigenvalue weighted by Crippen LogP contribution is 2.30. The third-order valence-electron chi connectivity index (χ3n) is 3.76. The Morgan fingerprint density at radius 2 is 2.00 bits per heavy atom. The van der Waals surface area contributed by atoms with Gasteiger partial charge in [-0.3, -0.25) is 4.79 Å². The normalized spacial score (nSPS) is 19.7. The van der Waals surface area contributed by atoms with E-state index in [1.54, 1.807) is 24.3 Å². The van der Waals surface area contributed by atoms with Gasteiger partial charge >= 0.3 is 5.97 Å². The standard InChI is InChI=1S/C17H13ClFNO3/c1-17(9-10-5-2-3-6-11(10)15(21)23-17)16(22)20-13-8-4-7-12(18)14(13)19/h2-8H,9H2,1H3,(H,20,22). The largest absolute Gasteiger partial charge is 0.445 e. The van der Waals surface area contributed by atoms with Crippen LogP contribution in [0.3, 0.4) is 0 Å². The minimum Gasteiger partial charge on any atom is -0.445 e. The number of cyclic esters (lactones) is 1. The molecule has 2 aromatic carbocycles. The lowest BCUT2D eigenvalue weighted by Crippen LogP contribution is -2.49. The number of amides is 1. The van der Waals surface area contributed by atoms with Crippen LogP contribution in [-0.4, -0.2) is 17.5 Å². The molecule has 1 N–H and O–H groups in total. The average molecular weight is 334 g/mol. The number of nitrogens with one attached hydrogen (secondary N) is 1. The van der Waals surface area contributed by atoms with E-state index in [2.05, 4.69) is 5.32 Å². The van der Waals surface area contributed by atoms with Gasteiger partial charge in [-0.1, -0.05) is 35.9 Å². The maximum atomic E-state index is 13.9. The molecule has 23 heavy (non-hydrogen) atoms. The van der Waals surface area contributed by atoms with Crippen LogP contribution in [0.4, 0.5) is 10.1 Å². The fourth-order valence-electron chi connectivity index (χ4n) is 2.51. The monoisotopic (exact) mass is 333 g/mol. The highest BCUT2D eigenvalue weighted by Gasteiger charge is 2.42. The molecule has 3 rings (SSSR count). The molecule has 0 aromatic heterocycles. The summed E-state index contributed by atoms with van der Waals surface area (Å²) < 4.78 is 19.2. The van der Waals surface area contributed by atoms with Crippen LogP contribution in [0.2, 0.25) is 5.02 Å². The topological polar surface area (TPSA) is 55.4 Å². The summed E-state index contributed by atoms with van der Waals surface area (Å²) in [7, 11) is 0. The molecule has 1 heterocycles. The average Bonchev–Trinajstić information content (AvgIpc) is 2.51. The van der Waals surface area contributed by atoms with E-state index in [1.165, 1.54) is 25.1 Å². The molecule has 1 aliphatic heterocycles. The van der Waals surface area contributed by atoms with Gasteiger partial charge in [0, 0.05) is 6.42 Å². The summed E-state index contributed by atoms with van der Waals surface area (Å²) in [6, 6.07) is 11.2. The van der Waals surface area contributed by atoms with Crippen LogP contribution in [0, 0.1) is 5.82 Å². The number of fused-ring (bicyclic) bond motifs is 1. The number of ether oxygens (including phenoxy) is 1. The third-order valence-corrected chi connectivity index (χ3v) is 4.06. The van der Waals surface area contributed by atoms with E-state index >= 15 is 0 Å². The smallest absolute Gasteiger partial charge is 0.339 e. The number of carbonyl (C=O) groups excluding carboxylic acids is 2. The van der Waals surface area contributed by atoms with Crippen molar-refractivity contribution in [1.29, 1.82) is 0 Å². The Morgan fingerprint density at radius 3 is 2.78 bits per heavy atom. The predicted octanol–water partition coefficient (Wildman–Crippen LogP) is 3.59. The molecule has 1 amide bonds. The molecule has 2 aromatic rings. The molecule has 6 heteroatoms. The fourth-order valence-corrected chi connectivity index (χ4v) is 2.69. The minimum absolute atomic E-state index is 0.0568. The zero-order chi connectivity index (χ0) is 16.6. The zero-order valence-corrected chi connectivity index (χ0v) is 13.0. The summed E-state index contributed by atoms with van der Waals surface area (Å²) >= 11 is 5.70. The molecule has 0 saturated heterocycles. The van der Waals surface area contributed by atoms with E-state index in [-0.39, 0.29) is 17.1 Å². The lowest BCUT2D eigenvalue weighted by molar-refractivity contribution is -0.134. The van der Waals surface area contributed by atoms with Gasteiger partial charge in [-0.15, -0.1) is 0 Å². The van der Waals surface area contributed by atoms with Crippen molar-refractivity contribution in [3.05, 3.63) is 64.4 Å². The molecule has 0 fully saturated rings. The second-order valence-corrected chi connectivity index (χ2v) is 5.92. The van der Waals surface area contributed by atoms with Gasteiger partial charge in [0.25, 0.3) is 5.91 Å². The highest BCUT2D eigenvalue weighted by molar-refractivity contribution is 6.31. The van der Waals surface area contributed by atoms with Gasteiger partial charge in [0.05, 0.1) is 16.3 Å².